The van der Waals surface area contributed by atoms with Crippen LogP contribution in [0.5, 0.6) is 0 Å². The fourth-order valence-corrected chi connectivity index (χ4v) is 3.22. The highest BCUT2D eigenvalue weighted by molar-refractivity contribution is 9.11. The van der Waals surface area contributed by atoms with E-state index in [-0.39, 0.29) is 11.6 Å². The van der Waals surface area contributed by atoms with Crippen LogP contribution in [-0.4, -0.2) is 26.8 Å². The molecule has 0 atom stereocenters. The highest BCUT2D eigenvalue weighted by atomic mass is 79.9. The van der Waals surface area contributed by atoms with Gasteiger partial charge in [0.1, 0.15) is 0 Å². The molecule has 0 fully saturated rings. The molecule has 0 bridgehead atoms. The smallest absolute Gasteiger partial charge is 0.276 e. The summed E-state index contributed by atoms with van der Waals surface area (Å²) in [6.07, 6.45) is 3.35. The number of halogens is 1. The summed E-state index contributed by atoms with van der Waals surface area (Å²) in [5.74, 6) is -0.364. The summed E-state index contributed by atoms with van der Waals surface area (Å²) in [6.45, 7) is 1.81. The molecule has 3 heterocycles. The fraction of sp³-hybridized carbons (Fsp3) is 0.0667. The van der Waals surface area contributed by atoms with Crippen LogP contribution in [0, 0.1) is 0 Å². The molecule has 116 valence electrons. The molecule has 0 saturated heterocycles. The lowest BCUT2D eigenvalue weighted by Crippen LogP contribution is -2.19. The highest BCUT2D eigenvalue weighted by Crippen LogP contribution is 2.30. The van der Waals surface area contributed by atoms with Crippen LogP contribution in [0.1, 0.15) is 23.0 Å². The molecular weight excluding hydrogens is 378 g/mol. The Morgan fingerprint density at radius 3 is 2.78 bits per heavy atom. The Balaban J connectivity index is 1.71. The van der Waals surface area contributed by atoms with Crippen LogP contribution in [0.2, 0.25) is 0 Å². The Morgan fingerprint density at radius 2 is 2.09 bits per heavy atom. The van der Waals surface area contributed by atoms with E-state index in [0.717, 1.165) is 19.9 Å². The molecular formula is C15H12BrN5OS. The Labute approximate surface area is 144 Å². The Hall–Kier alpha value is -2.32. The first-order valence-electron chi connectivity index (χ1n) is 6.69. The Kier molecular flexibility index (Phi) is 4.63. The van der Waals surface area contributed by atoms with Gasteiger partial charge < -0.3 is 0 Å². The van der Waals surface area contributed by atoms with Crippen LogP contribution in [0.4, 0.5) is 0 Å². The number of nitrogens with one attached hydrogen (secondary N) is 2. The van der Waals surface area contributed by atoms with Crippen molar-refractivity contribution in [1.82, 2.24) is 20.6 Å². The second-order valence-electron chi connectivity index (χ2n) is 4.64. The second kappa shape index (κ2) is 6.84. The average molecular weight is 390 g/mol. The van der Waals surface area contributed by atoms with E-state index in [1.165, 1.54) is 0 Å². The number of hydrazone groups is 1. The van der Waals surface area contributed by atoms with Crippen LogP contribution >= 0.6 is 27.3 Å². The van der Waals surface area contributed by atoms with Crippen molar-refractivity contribution in [3.8, 4) is 10.6 Å². The van der Waals surface area contributed by atoms with Crippen LogP contribution in [-0.2, 0) is 0 Å². The first-order valence-corrected chi connectivity index (χ1v) is 8.30. The van der Waals surface area contributed by atoms with Crippen molar-refractivity contribution < 1.29 is 4.79 Å². The van der Waals surface area contributed by atoms with E-state index in [2.05, 4.69) is 41.6 Å². The third kappa shape index (κ3) is 3.72. The lowest BCUT2D eigenvalue weighted by molar-refractivity contribution is 0.0950. The number of thiophene rings is 1. The van der Waals surface area contributed by atoms with Gasteiger partial charge in [-0.2, -0.15) is 10.2 Å². The average Bonchev–Trinajstić information content (AvgIpc) is 3.22. The number of H-pyrrole nitrogens is 1. The standard InChI is InChI=1S/C15H12BrN5OS/c1-9(10-4-6-17-7-5-10)18-21-15(22)12-8-11(19-20-12)13-2-3-14(16)23-13/h2-8H,1H3,(H,19,20)(H,21,22)/b18-9-. The molecule has 0 radical (unpaired) electrons. The Morgan fingerprint density at radius 1 is 1.30 bits per heavy atom. The first kappa shape index (κ1) is 15.6. The minimum atomic E-state index is -0.364. The van der Waals surface area contributed by atoms with Crippen molar-refractivity contribution in [2.24, 2.45) is 5.10 Å². The van der Waals surface area contributed by atoms with Gasteiger partial charge in [-0.15, -0.1) is 11.3 Å². The highest BCUT2D eigenvalue weighted by Gasteiger charge is 2.12. The maximum absolute atomic E-state index is 12.1. The van der Waals surface area contributed by atoms with Gasteiger partial charge in [0.2, 0.25) is 0 Å². The summed E-state index contributed by atoms with van der Waals surface area (Å²) in [5.41, 5.74) is 5.18. The number of rotatable bonds is 4. The third-order valence-electron chi connectivity index (χ3n) is 3.07. The van der Waals surface area contributed by atoms with Crippen LogP contribution in [0.25, 0.3) is 10.6 Å². The van der Waals surface area contributed by atoms with E-state index in [1.54, 1.807) is 29.8 Å². The molecule has 6 nitrogen and oxygen atoms in total. The number of amides is 1. The summed E-state index contributed by atoms with van der Waals surface area (Å²) < 4.78 is 1.02. The van der Waals surface area contributed by atoms with E-state index < -0.39 is 0 Å². The summed E-state index contributed by atoms with van der Waals surface area (Å²) in [7, 11) is 0. The number of hydrogen-bond acceptors (Lipinski definition) is 5. The molecule has 2 N–H and O–H groups in total. The number of pyridine rings is 1. The van der Waals surface area contributed by atoms with Crippen molar-refractivity contribution in [3.05, 3.63) is 57.8 Å². The summed E-state index contributed by atoms with van der Waals surface area (Å²) in [6, 6.07) is 9.25. The maximum Gasteiger partial charge on any atom is 0.291 e. The minimum absolute atomic E-state index is 0.288. The normalized spacial score (nSPS) is 11.5. The van der Waals surface area contributed by atoms with Gasteiger partial charge in [-0.05, 0) is 53.2 Å². The molecule has 23 heavy (non-hydrogen) atoms. The van der Waals surface area contributed by atoms with Gasteiger partial charge in [-0.25, -0.2) is 5.43 Å². The quantitative estimate of drug-likeness (QED) is 0.529. The summed E-state index contributed by atoms with van der Waals surface area (Å²) in [4.78, 5) is 17.1. The van der Waals surface area contributed by atoms with Gasteiger partial charge in [0.05, 0.1) is 20.1 Å². The molecule has 0 aliphatic carbocycles. The number of aromatic amines is 1. The molecule has 0 aliphatic rings. The van der Waals surface area contributed by atoms with Crippen molar-refractivity contribution in [2.45, 2.75) is 6.92 Å². The lowest BCUT2D eigenvalue weighted by Gasteiger charge is -2.00. The second-order valence-corrected chi connectivity index (χ2v) is 7.11. The lowest BCUT2D eigenvalue weighted by atomic mass is 10.2. The fourth-order valence-electron chi connectivity index (χ4n) is 1.87. The van der Waals surface area contributed by atoms with Crippen LogP contribution in [0.3, 0.4) is 0 Å². The van der Waals surface area contributed by atoms with Crippen LogP contribution < -0.4 is 5.43 Å². The molecule has 8 heteroatoms. The van der Waals surface area contributed by atoms with E-state index in [9.17, 15) is 4.79 Å². The molecule has 3 rings (SSSR count). The molecule has 0 aliphatic heterocycles. The number of nitrogens with zero attached hydrogens (tertiary/aromatic N) is 3. The largest absolute Gasteiger partial charge is 0.291 e. The molecule has 3 aromatic rings. The SMILES string of the molecule is C/C(=N/NC(=O)c1cc(-c2ccc(Br)s2)[nH]n1)c1ccncc1. The molecule has 1 amide bonds. The zero-order valence-corrected chi connectivity index (χ0v) is 14.5. The van der Waals surface area contributed by atoms with Crippen molar-refractivity contribution >= 4 is 38.9 Å². The van der Waals surface area contributed by atoms with Crippen LogP contribution in [0.15, 0.2) is 51.6 Å². The third-order valence-corrected chi connectivity index (χ3v) is 4.73. The molecule has 0 aromatic carbocycles. The van der Waals surface area contributed by atoms with E-state index >= 15 is 0 Å². The van der Waals surface area contributed by atoms with Gasteiger partial charge in [-0.3, -0.25) is 14.9 Å². The van der Waals surface area contributed by atoms with Gasteiger partial charge in [-0.1, -0.05) is 0 Å². The Bertz CT molecular complexity index is 856. The van der Waals surface area contributed by atoms with Crippen molar-refractivity contribution in [3.63, 3.8) is 0 Å². The van der Waals surface area contributed by atoms with Gasteiger partial charge in [0, 0.05) is 18.0 Å². The number of carbonyl (C=O) groups excluding carboxylic acids is 1. The number of aromatic nitrogens is 3. The van der Waals surface area contributed by atoms with E-state index in [4.69, 9.17) is 0 Å². The van der Waals surface area contributed by atoms with Gasteiger partial charge >= 0.3 is 0 Å². The van der Waals surface area contributed by atoms with Gasteiger partial charge in [0.25, 0.3) is 5.91 Å². The van der Waals surface area contributed by atoms with E-state index in [1.807, 2.05) is 31.2 Å². The van der Waals surface area contributed by atoms with Crippen molar-refractivity contribution in [2.75, 3.05) is 0 Å². The van der Waals surface area contributed by atoms with E-state index in [0.29, 0.717) is 5.71 Å². The molecule has 0 spiro atoms. The molecule has 0 saturated carbocycles. The van der Waals surface area contributed by atoms with Crippen molar-refractivity contribution in [1.29, 1.82) is 0 Å². The minimum Gasteiger partial charge on any atom is -0.276 e. The first-order chi connectivity index (χ1) is 11.1. The zero-order chi connectivity index (χ0) is 16.2. The molecule has 0 unspecified atom stereocenters. The maximum atomic E-state index is 12.1. The summed E-state index contributed by atoms with van der Waals surface area (Å²) >= 11 is 4.97. The predicted molar refractivity (Wildman–Crippen MR) is 93.5 cm³/mol. The van der Waals surface area contributed by atoms with Gasteiger partial charge in [0.15, 0.2) is 5.69 Å². The topological polar surface area (TPSA) is 83.0 Å². The number of carbonyl (C=O) groups is 1. The monoisotopic (exact) mass is 389 g/mol. The number of hydrogen-bond donors (Lipinski definition) is 2. The predicted octanol–water partition coefficient (Wildman–Crippen LogP) is 3.45. The zero-order valence-electron chi connectivity index (χ0n) is 12.1. The molecule has 3 aromatic heterocycles. The summed E-state index contributed by atoms with van der Waals surface area (Å²) in [5, 5.41) is 11.0.